The predicted octanol–water partition coefficient (Wildman–Crippen LogP) is 2.06. The lowest BCUT2D eigenvalue weighted by atomic mass is 10.2. The van der Waals surface area contributed by atoms with E-state index in [-0.39, 0.29) is 12.2 Å². The lowest BCUT2D eigenvalue weighted by Crippen LogP contribution is -2.17. The summed E-state index contributed by atoms with van der Waals surface area (Å²) in [5.41, 5.74) is 13.0. The molecule has 194 valence electrons. The van der Waals surface area contributed by atoms with Gasteiger partial charge in [0.15, 0.2) is 6.29 Å². The molecule has 6 N–H and O–H groups in total. The fourth-order valence-corrected chi connectivity index (χ4v) is 2.41. The molecule has 0 radical (unpaired) electrons. The molecule has 13 heteroatoms. The molecule has 0 aliphatic rings. The lowest BCUT2D eigenvalue weighted by molar-refractivity contribution is -0.274. The molecule has 10 nitrogen and oxygen atoms in total. The molecule has 2 rings (SSSR count). The fourth-order valence-electron chi connectivity index (χ4n) is 2.41. The molecule has 0 spiro atoms. The number of carbonyl (C=O) groups excluding carboxylic acids is 2. The fraction of sp³-hybridized carbons (Fsp3) is 0.364. The van der Waals surface area contributed by atoms with Gasteiger partial charge in [0.1, 0.15) is 17.7 Å². The van der Waals surface area contributed by atoms with Crippen LogP contribution < -0.4 is 21.5 Å². The molecule has 0 fully saturated rings. The van der Waals surface area contributed by atoms with Crippen LogP contribution in [0.5, 0.6) is 5.75 Å². The first kappa shape index (κ1) is 31.1. The Morgan fingerprint density at radius 2 is 1.91 bits per heavy atom. The van der Waals surface area contributed by atoms with Crippen LogP contribution in [-0.4, -0.2) is 53.2 Å². The summed E-state index contributed by atoms with van der Waals surface area (Å²) in [5, 5.41) is 17.3. The van der Waals surface area contributed by atoms with Gasteiger partial charge in [-0.1, -0.05) is 17.3 Å². The Labute approximate surface area is 201 Å². The SMILES string of the molecule is CN/C(N)=C/C=C(\N)CCCCn1cc(C=O)nn1.CO.O=CCc1cccc(OC(F)(F)F)c1. The molecule has 0 atom stereocenters. The number of carbonyl (C=O) groups is 2. The summed E-state index contributed by atoms with van der Waals surface area (Å²) in [5.74, 6) is 0.267. The van der Waals surface area contributed by atoms with Gasteiger partial charge in [-0.15, -0.1) is 18.3 Å². The Hall–Kier alpha value is -3.87. The van der Waals surface area contributed by atoms with Crippen molar-refractivity contribution in [2.24, 2.45) is 11.5 Å². The number of nitrogens with one attached hydrogen (secondary N) is 1. The number of aliphatic hydroxyl groups excluding tert-OH is 1. The van der Waals surface area contributed by atoms with Crippen molar-refractivity contribution in [2.45, 2.75) is 38.6 Å². The molecule has 0 unspecified atom stereocenters. The van der Waals surface area contributed by atoms with Crippen LogP contribution in [0.1, 0.15) is 35.3 Å². The van der Waals surface area contributed by atoms with Crippen molar-refractivity contribution in [2.75, 3.05) is 14.2 Å². The normalized spacial score (nSPS) is 11.4. The van der Waals surface area contributed by atoms with Crippen molar-refractivity contribution in [1.29, 1.82) is 0 Å². The minimum Gasteiger partial charge on any atom is -0.406 e. The largest absolute Gasteiger partial charge is 0.573 e. The smallest absolute Gasteiger partial charge is 0.406 e. The number of halogens is 3. The average Bonchev–Trinajstić information content (AvgIpc) is 3.29. The molecule has 2 aromatic rings. The Bertz CT molecular complexity index is 945. The number of hydrogen-bond donors (Lipinski definition) is 4. The minimum atomic E-state index is -4.69. The molecule has 35 heavy (non-hydrogen) atoms. The summed E-state index contributed by atoms with van der Waals surface area (Å²) < 4.78 is 40.6. The van der Waals surface area contributed by atoms with Crippen LogP contribution in [0.4, 0.5) is 13.2 Å². The second kappa shape index (κ2) is 17.6. The molecule has 0 saturated carbocycles. The summed E-state index contributed by atoms with van der Waals surface area (Å²) in [6, 6.07) is 5.32. The van der Waals surface area contributed by atoms with Crippen molar-refractivity contribution in [3.63, 3.8) is 0 Å². The molecular formula is C22H31F3N6O4. The lowest BCUT2D eigenvalue weighted by Gasteiger charge is -2.08. The minimum absolute atomic E-state index is 0.0784. The highest BCUT2D eigenvalue weighted by atomic mass is 19.4. The van der Waals surface area contributed by atoms with E-state index in [0.29, 0.717) is 29.7 Å². The number of nitrogens with two attached hydrogens (primary N) is 2. The molecule has 0 saturated heterocycles. The van der Waals surface area contributed by atoms with Gasteiger partial charge in [0.05, 0.1) is 12.0 Å². The standard InChI is InChI=1S/C12H20N6O.C9H7F3O2.CH4O/c1-15-12(14)6-5-10(13)4-2-3-7-18-8-11(9-19)16-17-18;10-9(11,12)14-8-3-1-2-7(6-8)4-5-13;1-2/h5-6,8-9,15H,2-4,7,13-14H2,1H3;1-3,5-6H,4H2;2H,1H3/b10-5-,12-6+;;. The number of aromatic nitrogens is 3. The van der Waals surface area contributed by atoms with Gasteiger partial charge in [0.2, 0.25) is 0 Å². The van der Waals surface area contributed by atoms with Gasteiger partial charge in [-0.05, 0) is 49.1 Å². The molecule has 0 aliphatic heterocycles. The number of aliphatic hydroxyl groups is 1. The van der Waals surface area contributed by atoms with E-state index < -0.39 is 6.36 Å². The van der Waals surface area contributed by atoms with Crippen LogP contribution in [0.3, 0.4) is 0 Å². The molecule has 1 heterocycles. The first-order valence-electron chi connectivity index (χ1n) is 10.3. The Kier molecular flexibility index (Phi) is 15.6. The Morgan fingerprint density at radius 1 is 1.20 bits per heavy atom. The third-order valence-electron chi connectivity index (χ3n) is 4.00. The van der Waals surface area contributed by atoms with E-state index in [4.69, 9.17) is 16.6 Å². The van der Waals surface area contributed by atoms with E-state index in [1.165, 1.54) is 18.2 Å². The van der Waals surface area contributed by atoms with Gasteiger partial charge in [-0.3, -0.25) is 9.48 Å². The van der Waals surface area contributed by atoms with Gasteiger partial charge in [-0.2, -0.15) is 0 Å². The highest BCUT2D eigenvalue weighted by Gasteiger charge is 2.31. The number of hydrogen-bond acceptors (Lipinski definition) is 9. The highest BCUT2D eigenvalue weighted by Crippen LogP contribution is 2.23. The van der Waals surface area contributed by atoms with Crippen LogP contribution in [0.2, 0.25) is 0 Å². The maximum Gasteiger partial charge on any atom is 0.573 e. The number of rotatable bonds is 11. The zero-order chi connectivity index (χ0) is 26.7. The summed E-state index contributed by atoms with van der Waals surface area (Å²) >= 11 is 0. The topological polar surface area (TPSA) is 158 Å². The van der Waals surface area contributed by atoms with Gasteiger partial charge in [0, 0.05) is 32.8 Å². The summed E-state index contributed by atoms with van der Waals surface area (Å²) in [6.07, 6.45) is 4.50. The van der Waals surface area contributed by atoms with Crippen molar-refractivity contribution >= 4 is 12.6 Å². The molecule has 0 amide bonds. The van der Waals surface area contributed by atoms with Crippen LogP contribution >= 0.6 is 0 Å². The third kappa shape index (κ3) is 15.6. The number of nitrogens with zero attached hydrogens (tertiary/aromatic N) is 3. The van der Waals surface area contributed by atoms with Gasteiger partial charge in [0.25, 0.3) is 0 Å². The van der Waals surface area contributed by atoms with Crippen LogP contribution in [0, 0.1) is 0 Å². The van der Waals surface area contributed by atoms with Crippen LogP contribution in [0.25, 0.3) is 0 Å². The predicted molar refractivity (Wildman–Crippen MR) is 124 cm³/mol. The first-order valence-corrected chi connectivity index (χ1v) is 10.3. The summed E-state index contributed by atoms with van der Waals surface area (Å²) in [6.45, 7) is 0.725. The van der Waals surface area contributed by atoms with Crippen molar-refractivity contribution in [3.05, 3.63) is 65.4 Å². The van der Waals surface area contributed by atoms with Crippen molar-refractivity contribution in [1.82, 2.24) is 20.3 Å². The van der Waals surface area contributed by atoms with E-state index in [9.17, 15) is 22.8 Å². The second-order valence-electron chi connectivity index (χ2n) is 6.66. The van der Waals surface area contributed by atoms with E-state index >= 15 is 0 Å². The molecular weight excluding hydrogens is 469 g/mol. The average molecular weight is 501 g/mol. The van der Waals surface area contributed by atoms with E-state index in [2.05, 4.69) is 20.4 Å². The number of aryl methyl sites for hydroxylation is 1. The number of benzene rings is 1. The molecule has 0 aliphatic carbocycles. The summed E-state index contributed by atoms with van der Waals surface area (Å²) in [7, 11) is 2.75. The number of allylic oxidation sites excluding steroid dienone is 3. The van der Waals surface area contributed by atoms with Crippen LogP contribution in [-0.2, 0) is 17.8 Å². The maximum absolute atomic E-state index is 11.8. The van der Waals surface area contributed by atoms with E-state index in [1.54, 1.807) is 36.1 Å². The van der Waals surface area contributed by atoms with Crippen LogP contribution in [0.15, 0.2) is 54.1 Å². The van der Waals surface area contributed by atoms with Gasteiger partial charge in [-0.25, -0.2) is 0 Å². The van der Waals surface area contributed by atoms with Crippen molar-refractivity contribution < 1.29 is 32.6 Å². The zero-order valence-electron chi connectivity index (χ0n) is 19.5. The van der Waals surface area contributed by atoms with Gasteiger partial charge >= 0.3 is 6.36 Å². The third-order valence-corrected chi connectivity index (χ3v) is 4.00. The van der Waals surface area contributed by atoms with Crippen molar-refractivity contribution in [3.8, 4) is 5.75 Å². The molecule has 0 bridgehead atoms. The Balaban J connectivity index is 0.000000641. The number of aldehydes is 2. The van der Waals surface area contributed by atoms with E-state index in [1.807, 2.05) is 0 Å². The zero-order valence-corrected chi connectivity index (χ0v) is 19.5. The highest BCUT2D eigenvalue weighted by molar-refractivity contribution is 5.70. The monoisotopic (exact) mass is 500 g/mol. The van der Waals surface area contributed by atoms with E-state index in [0.717, 1.165) is 38.6 Å². The first-order chi connectivity index (χ1) is 16.7. The molecule has 1 aromatic heterocycles. The molecule has 1 aromatic carbocycles. The quantitative estimate of drug-likeness (QED) is 0.206. The number of unbranched alkanes of at least 4 members (excludes halogenated alkanes) is 1. The maximum atomic E-state index is 11.8. The second-order valence-corrected chi connectivity index (χ2v) is 6.66. The summed E-state index contributed by atoms with van der Waals surface area (Å²) in [4.78, 5) is 20.5. The number of alkyl halides is 3. The Morgan fingerprint density at radius 3 is 2.49 bits per heavy atom. The van der Waals surface area contributed by atoms with Gasteiger partial charge < -0.3 is 31.4 Å². The number of ether oxygens (including phenoxy) is 1.